The highest BCUT2D eigenvalue weighted by Crippen LogP contribution is 2.13. The molecule has 0 radical (unpaired) electrons. The van der Waals surface area contributed by atoms with Gasteiger partial charge in [0, 0.05) is 11.8 Å². The summed E-state index contributed by atoms with van der Waals surface area (Å²) in [7, 11) is 0. The highest BCUT2D eigenvalue weighted by molar-refractivity contribution is 7.98. The first-order chi connectivity index (χ1) is 7.17. The number of hydrogen-bond acceptors (Lipinski definition) is 3. The Hall–Kier alpha value is -0.580. The van der Waals surface area contributed by atoms with Crippen LogP contribution in [0.3, 0.4) is 0 Å². The van der Waals surface area contributed by atoms with Crippen LogP contribution >= 0.6 is 11.8 Å². The molecule has 2 nitrogen and oxygen atoms in total. The molecule has 1 aromatic carbocycles. The van der Waals surface area contributed by atoms with Crippen molar-refractivity contribution in [2.45, 2.75) is 19.4 Å². The molecule has 1 rings (SSSR count). The molecular weight excluding hydrogens is 211 g/mol. The third kappa shape index (κ3) is 3.81. The zero-order valence-corrected chi connectivity index (χ0v) is 9.90. The first-order valence-corrected chi connectivity index (χ1v) is 6.27. The van der Waals surface area contributed by atoms with Crippen molar-refractivity contribution < 1.29 is 4.39 Å². The van der Waals surface area contributed by atoms with Gasteiger partial charge in [0.1, 0.15) is 5.82 Å². The number of benzene rings is 1. The fourth-order valence-electron chi connectivity index (χ4n) is 1.52. The molecule has 0 aliphatic rings. The second-order valence-electron chi connectivity index (χ2n) is 3.59. The molecule has 15 heavy (non-hydrogen) atoms. The summed E-state index contributed by atoms with van der Waals surface area (Å²) in [5.41, 5.74) is 4.91. The Labute approximate surface area is 94.4 Å². The summed E-state index contributed by atoms with van der Waals surface area (Å²) in [6, 6.07) is 5.12. The summed E-state index contributed by atoms with van der Waals surface area (Å²) in [4.78, 5) is 0. The second kappa shape index (κ2) is 6.10. The van der Waals surface area contributed by atoms with Gasteiger partial charge < -0.3 is 0 Å². The van der Waals surface area contributed by atoms with Crippen LogP contribution in [-0.2, 0) is 6.42 Å². The molecule has 4 heteroatoms. The Morgan fingerprint density at radius 2 is 2.27 bits per heavy atom. The summed E-state index contributed by atoms with van der Waals surface area (Å²) >= 11 is 1.75. The predicted octanol–water partition coefficient (Wildman–Crippen LogP) is 1.87. The average molecular weight is 228 g/mol. The largest absolute Gasteiger partial charge is 0.271 e. The third-order valence-corrected chi connectivity index (χ3v) is 3.11. The van der Waals surface area contributed by atoms with Crippen LogP contribution in [0, 0.1) is 12.7 Å². The smallest absolute Gasteiger partial charge is 0.123 e. The van der Waals surface area contributed by atoms with E-state index in [4.69, 9.17) is 5.84 Å². The lowest BCUT2D eigenvalue weighted by molar-refractivity contribution is 0.572. The van der Waals surface area contributed by atoms with Crippen molar-refractivity contribution in [1.29, 1.82) is 0 Å². The van der Waals surface area contributed by atoms with Gasteiger partial charge in [-0.15, -0.1) is 0 Å². The highest BCUT2D eigenvalue weighted by Gasteiger charge is 2.08. The number of aryl methyl sites for hydroxylation is 1. The van der Waals surface area contributed by atoms with Gasteiger partial charge >= 0.3 is 0 Å². The highest BCUT2D eigenvalue weighted by atomic mass is 32.2. The van der Waals surface area contributed by atoms with Gasteiger partial charge in [0.25, 0.3) is 0 Å². The predicted molar refractivity (Wildman–Crippen MR) is 64.3 cm³/mol. The van der Waals surface area contributed by atoms with Gasteiger partial charge in [-0.2, -0.15) is 11.8 Å². The fraction of sp³-hybridized carbons (Fsp3) is 0.455. The molecular formula is C11H17FN2S. The normalized spacial score (nSPS) is 12.8. The third-order valence-electron chi connectivity index (χ3n) is 2.37. The molecule has 0 amide bonds. The number of halogens is 1. The number of hydrazine groups is 1. The Bertz CT molecular complexity index is 317. The average Bonchev–Trinajstić information content (AvgIpc) is 2.21. The topological polar surface area (TPSA) is 38.0 Å². The number of nitrogens with one attached hydrogen (secondary N) is 1. The quantitative estimate of drug-likeness (QED) is 0.597. The van der Waals surface area contributed by atoms with Gasteiger partial charge in [0.2, 0.25) is 0 Å². The van der Waals surface area contributed by atoms with Crippen molar-refractivity contribution in [2.75, 3.05) is 12.0 Å². The first-order valence-electron chi connectivity index (χ1n) is 4.87. The minimum Gasteiger partial charge on any atom is -0.271 e. The van der Waals surface area contributed by atoms with Crippen LogP contribution in [-0.4, -0.2) is 18.1 Å². The Balaban J connectivity index is 2.70. The molecule has 1 unspecified atom stereocenters. The van der Waals surface area contributed by atoms with Crippen LogP contribution in [0.5, 0.6) is 0 Å². The Morgan fingerprint density at radius 1 is 1.53 bits per heavy atom. The molecule has 84 valence electrons. The van der Waals surface area contributed by atoms with E-state index in [0.29, 0.717) is 0 Å². The van der Waals surface area contributed by atoms with Crippen molar-refractivity contribution >= 4 is 11.8 Å². The molecule has 0 heterocycles. The van der Waals surface area contributed by atoms with E-state index in [1.54, 1.807) is 17.8 Å². The summed E-state index contributed by atoms with van der Waals surface area (Å²) in [5, 5.41) is 0. The summed E-state index contributed by atoms with van der Waals surface area (Å²) < 4.78 is 12.9. The Morgan fingerprint density at radius 3 is 2.80 bits per heavy atom. The zero-order chi connectivity index (χ0) is 11.3. The lowest BCUT2D eigenvalue weighted by atomic mass is 10.0. The minimum absolute atomic E-state index is 0.182. The molecule has 1 aromatic rings. The summed E-state index contributed by atoms with van der Waals surface area (Å²) in [6.45, 7) is 1.92. The standard InChI is InChI=1S/C11H17FN2S/c1-8-5-10(12)4-3-9(8)6-11(14-13)7-15-2/h3-5,11,14H,6-7,13H2,1-2H3. The van der Waals surface area contributed by atoms with Crippen molar-refractivity contribution in [1.82, 2.24) is 5.43 Å². The van der Waals surface area contributed by atoms with Crippen LogP contribution in [0.4, 0.5) is 4.39 Å². The maximum absolute atomic E-state index is 12.9. The maximum atomic E-state index is 12.9. The summed E-state index contributed by atoms with van der Waals surface area (Å²) in [5.74, 6) is 6.22. The molecule has 0 fully saturated rings. The molecule has 0 saturated heterocycles. The zero-order valence-electron chi connectivity index (χ0n) is 9.09. The SMILES string of the molecule is CSCC(Cc1ccc(F)cc1C)NN. The molecule has 0 aliphatic heterocycles. The molecule has 3 N–H and O–H groups in total. The molecule has 0 aliphatic carbocycles. The molecule has 0 bridgehead atoms. The lowest BCUT2D eigenvalue weighted by Crippen LogP contribution is -2.38. The molecule has 0 saturated carbocycles. The number of hydrogen-bond donors (Lipinski definition) is 2. The fourth-order valence-corrected chi connectivity index (χ4v) is 2.14. The van der Waals surface area contributed by atoms with Crippen molar-refractivity contribution in [3.63, 3.8) is 0 Å². The van der Waals surface area contributed by atoms with Crippen molar-refractivity contribution in [2.24, 2.45) is 5.84 Å². The van der Waals surface area contributed by atoms with Gasteiger partial charge in [0.15, 0.2) is 0 Å². The maximum Gasteiger partial charge on any atom is 0.123 e. The van der Waals surface area contributed by atoms with Gasteiger partial charge in [-0.1, -0.05) is 6.07 Å². The van der Waals surface area contributed by atoms with E-state index >= 15 is 0 Å². The van der Waals surface area contributed by atoms with E-state index in [1.807, 2.05) is 19.2 Å². The van der Waals surface area contributed by atoms with Gasteiger partial charge in [-0.05, 0) is 42.9 Å². The molecule has 0 spiro atoms. The number of rotatable bonds is 5. The van der Waals surface area contributed by atoms with Crippen LogP contribution in [0.2, 0.25) is 0 Å². The van der Waals surface area contributed by atoms with Crippen LogP contribution in [0.25, 0.3) is 0 Å². The van der Waals surface area contributed by atoms with E-state index in [0.717, 1.165) is 23.3 Å². The lowest BCUT2D eigenvalue weighted by Gasteiger charge is -2.15. The van der Waals surface area contributed by atoms with Gasteiger partial charge in [-0.25, -0.2) is 4.39 Å². The van der Waals surface area contributed by atoms with E-state index in [-0.39, 0.29) is 11.9 Å². The van der Waals surface area contributed by atoms with Gasteiger partial charge in [0.05, 0.1) is 0 Å². The van der Waals surface area contributed by atoms with E-state index < -0.39 is 0 Å². The Kier molecular flexibility index (Phi) is 5.08. The summed E-state index contributed by atoms with van der Waals surface area (Å²) in [6.07, 6.45) is 2.88. The van der Waals surface area contributed by atoms with Crippen molar-refractivity contribution in [3.8, 4) is 0 Å². The minimum atomic E-state index is -0.182. The van der Waals surface area contributed by atoms with E-state index in [1.165, 1.54) is 6.07 Å². The van der Waals surface area contributed by atoms with Gasteiger partial charge in [-0.3, -0.25) is 11.3 Å². The van der Waals surface area contributed by atoms with Crippen LogP contribution in [0.1, 0.15) is 11.1 Å². The molecule has 0 aromatic heterocycles. The molecule has 1 atom stereocenters. The number of thioether (sulfide) groups is 1. The van der Waals surface area contributed by atoms with E-state index in [9.17, 15) is 4.39 Å². The van der Waals surface area contributed by atoms with Crippen molar-refractivity contribution in [3.05, 3.63) is 35.1 Å². The monoisotopic (exact) mass is 228 g/mol. The van der Waals surface area contributed by atoms with Crippen LogP contribution in [0.15, 0.2) is 18.2 Å². The van der Waals surface area contributed by atoms with Crippen LogP contribution < -0.4 is 11.3 Å². The van der Waals surface area contributed by atoms with E-state index in [2.05, 4.69) is 5.43 Å². The first kappa shape index (κ1) is 12.5. The second-order valence-corrected chi connectivity index (χ2v) is 4.50. The number of nitrogens with two attached hydrogens (primary N) is 1.